The van der Waals surface area contributed by atoms with E-state index in [9.17, 15) is 4.79 Å². The molecular weight excluding hydrogens is 340 g/mol. The standard InChI is InChI=1S/C21H28N4O2/c1-5-21(3,4)20(26)27-13-9-8-12-22-18-19-23-14-15(2)25(19)17-11-7-6-10-16(17)24-18/h6-7,10-11,14H,5,8-9,12-13H2,1-4H3,(H,22,24). The predicted molar refractivity (Wildman–Crippen MR) is 108 cm³/mol. The number of unbranched alkanes of at least 4 members (excludes halogenated alkanes) is 1. The van der Waals surface area contributed by atoms with E-state index in [1.807, 2.05) is 52.1 Å². The molecule has 0 saturated heterocycles. The van der Waals surface area contributed by atoms with Gasteiger partial charge >= 0.3 is 5.97 Å². The number of para-hydroxylation sites is 2. The van der Waals surface area contributed by atoms with Crippen LogP contribution >= 0.6 is 0 Å². The van der Waals surface area contributed by atoms with Crippen LogP contribution in [0.15, 0.2) is 30.5 Å². The molecular formula is C21H28N4O2. The number of aryl methyl sites for hydroxylation is 1. The molecule has 0 amide bonds. The average molecular weight is 368 g/mol. The van der Waals surface area contributed by atoms with Gasteiger partial charge in [-0.25, -0.2) is 9.97 Å². The van der Waals surface area contributed by atoms with Gasteiger partial charge in [-0.05, 0) is 52.2 Å². The number of aromatic nitrogens is 3. The Morgan fingerprint density at radius 3 is 2.81 bits per heavy atom. The quantitative estimate of drug-likeness (QED) is 0.472. The number of hydrogen-bond acceptors (Lipinski definition) is 5. The number of ether oxygens (including phenoxy) is 1. The minimum Gasteiger partial charge on any atom is -0.465 e. The Kier molecular flexibility index (Phi) is 5.63. The maximum absolute atomic E-state index is 12.0. The number of esters is 1. The first-order valence-corrected chi connectivity index (χ1v) is 9.58. The number of carbonyl (C=O) groups is 1. The van der Waals surface area contributed by atoms with E-state index < -0.39 is 5.41 Å². The van der Waals surface area contributed by atoms with Crippen molar-refractivity contribution in [3.63, 3.8) is 0 Å². The zero-order chi connectivity index (χ0) is 19.4. The highest BCUT2D eigenvalue weighted by molar-refractivity contribution is 5.83. The summed E-state index contributed by atoms with van der Waals surface area (Å²) >= 11 is 0. The van der Waals surface area contributed by atoms with Crippen LogP contribution in [0.2, 0.25) is 0 Å². The average Bonchev–Trinajstić information content (AvgIpc) is 3.06. The lowest BCUT2D eigenvalue weighted by Gasteiger charge is -2.20. The Labute approximate surface area is 160 Å². The van der Waals surface area contributed by atoms with Crippen molar-refractivity contribution in [1.82, 2.24) is 14.4 Å². The summed E-state index contributed by atoms with van der Waals surface area (Å²) < 4.78 is 7.51. The van der Waals surface area contributed by atoms with E-state index in [2.05, 4.69) is 20.8 Å². The van der Waals surface area contributed by atoms with E-state index in [1.54, 1.807) is 0 Å². The van der Waals surface area contributed by atoms with Gasteiger partial charge in [0.25, 0.3) is 0 Å². The maximum atomic E-state index is 12.0. The smallest absolute Gasteiger partial charge is 0.311 e. The van der Waals surface area contributed by atoms with Crippen LogP contribution in [0, 0.1) is 12.3 Å². The number of imidazole rings is 1. The van der Waals surface area contributed by atoms with E-state index in [0.29, 0.717) is 6.61 Å². The van der Waals surface area contributed by atoms with Gasteiger partial charge in [0.15, 0.2) is 11.5 Å². The van der Waals surface area contributed by atoms with Crippen molar-refractivity contribution >= 4 is 28.5 Å². The number of hydrogen-bond donors (Lipinski definition) is 1. The lowest BCUT2D eigenvalue weighted by atomic mass is 9.91. The normalized spacial score (nSPS) is 11.9. The van der Waals surface area contributed by atoms with Crippen LogP contribution in [-0.2, 0) is 9.53 Å². The third-order valence-corrected chi connectivity index (χ3v) is 5.04. The summed E-state index contributed by atoms with van der Waals surface area (Å²) in [5, 5.41) is 3.39. The third-order valence-electron chi connectivity index (χ3n) is 5.04. The lowest BCUT2D eigenvalue weighted by Crippen LogP contribution is -2.26. The van der Waals surface area contributed by atoms with Crippen molar-refractivity contribution in [1.29, 1.82) is 0 Å². The number of rotatable bonds is 8. The molecule has 3 aromatic rings. The van der Waals surface area contributed by atoms with Crippen molar-refractivity contribution in [2.24, 2.45) is 5.41 Å². The fourth-order valence-electron chi connectivity index (χ4n) is 2.88. The summed E-state index contributed by atoms with van der Waals surface area (Å²) in [7, 11) is 0. The predicted octanol–water partition coefficient (Wildman–Crippen LogP) is 4.36. The molecule has 0 saturated carbocycles. The van der Waals surface area contributed by atoms with Gasteiger partial charge in [-0.1, -0.05) is 19.1 Å². The van der Waals surface area contributed by atoms with Gasteiger partial charge in [-0.2, -0.15) is 0 Å². The molecule has 2 heterocycles. The van der Waals surface area contributed by atoms with E-state index in [1.165, 1.54) is 0 Å². The molecule has 0 unspecified atom stereocenters. The number of nitrogens with one attached hydrogen (secondary N) is 1. The third kappa shape index (κ3) is 4.04. The van der Waals surface area contributed by atoms with E-state index in [0.717, 1.165) is 54.0 Å². The molecule has 0 aliphatic carbocycles. The fraction of sp³-hybridized carbons (Fsp3) is 0.476. The van der Waals surface area contributed by atoms with Gasteiger partial charge < -0.3 is 10.1 Å². The second kappa shape index (κ2) is 7.94. The molecule has 0 atom stereocenters. The highest BCUT2D eigenvalue weighted by Crippen LogP contribution is 2.23. The van der Waals surface area contributed by atoms with Crippen molar-refractivity contribution in [3.8, 4) is 0 Å². The molecule has 0 spiro atoms. The number of anilines is 1. The highest BCUT2D eigenvalue weighted by atomic mass is 16.5. The zero-order valence-corrected chi connectivity index (χ0v) is 16.6. The van der Waals surface area contributed by atoms with Crippen LogP contribution in [0.25, 0.3) is 16.7 Å². The summed E-state index contributed by atoms with van der Waals surface area (Å²) in [5.41, 5.74) is 3.50. The van der Waals surface area contributed by atoms with Gasteiger partial charge in [0.05, 0.1) is 23.1 Å². The molecule has 0 bridgehead atoms. The lowest BCUT2D eigenvalue weighted by molar-refractivity contribution is -0.154. The summed E-state index contributed by atoms with van der Waals surface area (Å²) in [6.45, 7) is 9.08. The molecule has 1 N–H and O–H groups in total. The molecule has 0 radical (unpaired) electrons. The van der Waals surface area contributed by atoms with Gasteiger partial charge in [0.2, 0.25) is 0 Å². The number of fused-ring (bicyclic) bond motifs is 3. The summed E-state index contributed by atoms with van der Waals surface area (Å²) in [6.07, 6.45) is 4.35. The van der Waals surface area contributed by atoms with E-state index in [-0.39, 0.29) is 5.97 Å². The summed E-state index contributed by atoms with van der Waals surface area (Å²) in [6, 6.07) is 8.06. The van der Waals surface area contributed by atoms with Crippen LogP contribution in [0.5, 0.6) is 0 Å². The first kappa shape index (κ1) is 19.1. The largest absolute Gasteiger partial charge is 0.465 e. The van der Waals surface area contributed by atoms with Crippen LogP contribution < -0.4 is 5.32 Å². The minimum atomic E-state index is -0.405. The topological polar surface area (TPSA) is 68.5 Å². The minimum absolute atomic E-state index is 0.122. The van der Waals surface area contributed by atoms with Crippen molar-refractivity contribution < 1.29 is 9.53 Å². The zero-order valence-electron chi connectivity index (χ0n) is 16.6. The highest BCUT2D eigenvalue weighted by Gasteiger charge is 2.26. The van der Waals surface area contributed by atoms with Gasteiger partial charge in [0, 0.05) is 18.4 Å². The van der Waals surface area contributed by atoms with Gasteiger partial charge in [0.1, 0.15) is 0 Å². The molecule has 6 nitrogen and oxygen atoms in total. The van der Waals surface area contributed by atoms with Crippen LogP contribution in [0.1, 0.15) is 45.7 Å². The second-order valence-electron chi connectivity index (χ2n) is 7.51. The Balaban J connectivity index is 1.59. The Hall–Kier alpha value is -2.63. The molecule has 0 aliphatic heterocycles. The van der Waals surface area contributed by atoms with Crippen LogP contribution in [-0.4, -0.2) is 33.5 Å². The summed E-state index contributed by atoms with van der Waals surface area (Å²) in [5.74, 6) is 0.662. The van der Waals surface area contributed by atoms with Crippen LogP contribution in [0.3, 0.4) is 0 Å². The first-order valence-electron chi connectivity index (χ1n) is 9.58. The van der Waals surface area contributed by atoms with Crippen LogP contribution in [0.4, 0.5) is 5.82 Å². The van der Waals surface area contributed by atoms with Crippen molar-refractivity contribution in [2.45, 2.75) is 47.0 Å². The molecule has 1 aromatic carbocycles. The molecule has 0 aliphatic rings. The Morgan fingerprint density at radius 2 is 2.04 bits per heavy atom. The number of carbonyl (C=O) groups excluding carboxylic acids is 1. The van der Waals surface area contributed by atoms with Crippen molar-refractivity contribution in [3.05, 3.63) is 36.2 Å². The molecule has 6 heteroatoms. The SMILES string of the molecule is CCC(C)(C)C(=O)OCCCCNc1nc2ccccc2n2c(C)cnc12. The Bertz CT molecular complexity index is 946. The molecule has 144 valence electrons. The maximum Gasteiger partial charge on any atom is 0.311 e. The monoisotopic (exact) mass is 368 g/mol. The van der Waals surface area contributed by atoms with Crippen molar-refractivity contribution in [2.75, 3.05) is 18.5 Å². The molecule has 0 fully saturated rings. The van der Waals surface area contributed by atoms with Gasteiger partial charge in [-0.15, -0.1) is 0 Å². The Morgan fingerprint density at radius 1 is 1.26 bits per heavy atom. The molecule has 2 aromatic heterocycles. The van der Waals surface area contributed by atoms with Gasteiger partial charge in [-0.3, -0.25) is 9.20 Å². The number of benzene rings is 1. The number of nitrogens with zero attached hydrogens (tertiary/aromatic N) is 3. The second-order valence-corrected chi connectivity index (χ2v) is 7.51. The van der Waals surface area contributed by atoms with E-state index >= 15 is 0 Å². The molecule has 27 heavy (non-hydrogen) atoms. The first-order chi connectivity index (χ1) is 12.9. The fourth-order valence-corrected chi connectivity index (χ4v) is 2.88. The van der Waals surface area contributed by atoms with E-state index in [4.69, 9.17) is 9.72 Å². The molecule has 3 rings (SSSR count). The summed E-state index contributed by atoms with van der Waals surface area (Å²) in [4.78, 5) is 21.2.